The monoisotopic (exact) mass is 285 g/mol. The second-order valence-electron chi connectivity index (χ2n) is 4.82. The highest BCUT2D eigenvalue weighted by Crippen LogP contribution is 2.17. The number of nitrogens with one attached hydrogen (secondary N) is 2. The molecule has 0 aliphatic heterocycles. The van der Waals surface area contributed by atoms with Crippen molar-refractivity contribution in [2.24, 2.45) is 0 Å². The van der Waals surface area contributed by atoms with Crippen molar-refractivity contribution in [2.75, 3.05) is 5.32 Å². The Morgan fingerprint density at radius 2 is 2.15 bits per heavy atom. The Morgan fingerprint density at radius 1 is 1.30 bits per heavy atom. The Kier molecular flexibility index (Phi) is 3.28. The first kappa shape index (κ1) is 12.9. The summed E-state index contributed by atoms with van der Waals surface area (Å²) in [6.07, 6.45) is 0. The summed E-state index contributed by atoms with van der Waals surface area (Å²) in [5.41, 5.74) is 4.14. The van der Waals surface area contributed by atoms with Crippen LogP contribution in [-0.4, -0.2) is 9.97 Å². The fourth-order valence-electron chi connectivity index (χ4n) is 2.11. The number of hydrogen-bond donors (Lipinski definition) is 2. The normalized spacial score (nSPS) is 10.9. The van der Waals surface area contributed by atoms with Crippen LogP contribution >= 0.6 is 11.3 Å². The lowest BCUT2D eigenvalue weighted by Gasteiger charge is -2.10. The molecular weight excluding hydrogens is 270 g/mol. The molecule has 2 N–H and O–H groups in total. The second kappa shape index (κ2) is 5.09. The van der Waals surface area contributed by atoms with E-state index in [1.54, 1.807) is 0 Å². The summed E-state index contributed by atoms with van der Waals surface area (Å²) < 4.78 is 0.681. The molecule has 0 unspecified atom stereocenters. The van der Waals surface area contributed by atoms with E-state index in [-0.39, 0.29) is 5.56 Å². The number of H-pyrrole nitrogens is 1. The summed E-state index contributed by atoms with van der Waals surface area (Å²) in [7, 11) is 0. The molecule has 0 aliphatic carbocycles. The number of aromatic nitrogens is 2. The van der Waals surface area contributed by atoms with Crippen molar-refractivity contribution in [1.82, 2.24) is 9.97 Å². The van der Waals surface area contributed by atoms with Crippen LogP contribution in [0, 0.1) is 13.8 Å². The Hall–Kier alpha value is -2.14. The molecular formula is C15H15N3OS. The number of aromatic amines is 1. The van der Waals surface area contributed by atoms with E-state index in [1.807, 2.05) is 11.4 Å². The van der Waals surface area contributed by atoms with Gasteiger partial charge in [-0.15, -0.1) is 11.3 Å². The summed E-state index contributed by atoms with van der Waals surface area (Å²) in [5.74, 6) is 0.654. The van der Waals surface area contributed by atoms with Crippen molar-refractivity contribution in [2.45, 2.75) is 20.4 Å². The number of rotatable bonds is 3. The minimum atomic E-state index is -0.0669. The van der Waals surface area contributed by atoms with Gasteiger partial charge in [-0.05, 0) is 42.5 Å². The van der Waals surface area contributed by atoms with Gasteiger partial charge in [0.15, 0.2) is 0 Å². The molecule has 4 nitrogen and oxygen atoms in total. The van der Waals surface area contributed by atoms with Crippen LogP contribution in [0.25, 0.3) is 10.2 Å². The minimum absolute atomic E-state index is 0.0669. The van der Waals surface area contributed by atoms with Gasteiger partial charge in [-0.25, -0.2) is 4.98 Å². The van der Waals surface area contributed by atoms with Crippen molar-refractivity contribution in [3.05, 3.63) is 57.0 Å². The maximum Gasteiger partial charge on any atom is 0.268 e. The average Bonchev–Trinajstić information content (AvgIpc) is 2.89. The lowest BCUT2D eigenvalue weighted by molar-refractivity contribution is 0.953. The second-order valence-corrected chi connectivity index (χ2v) is 5.74. The van der Waals surface area contributed by atoms with Crippen LogP contribution < -0.4 is 10.9 Å². The molecule has 2 aromatic heterocycles. The van der Waals surface area contributed by atoms with Gasteiger partial charge in [-0.3, -0.25) is 4.79 Å². The lowest BCUT2D eigenvalue weighted by Crippen LogP contribution is -2.13. The van der Waals surface area contributed by atoms with Gasteiger partial charge in [0.05, 0.1) is 12.1 Å². The van der Waals surface area contributed by atoms with E-state index in [2.05, 4.69) is 47.3 Å². The molecule has 1 aromatic carbocycles. The fraction of sp³-hybridized carbons (Fsp3) is 0.200. The van der Waals surface area contributed by atoms with Gasteiger partial charge >= 0.3 is 0 Å². The summed E-state index contributed by atoms with van der Waals surface area (Å²) in [4.78, 5) is 19.2. The summed E-state index contributed by atoms with van der Waals surface area (Å²) in [6.45, 7) is 4.62. The average molecular weight is 285 g/mol. The third kappa shape index (κ3) is 2.44. The molecule has 0 spiro atoms. The SMILES string of the molecule is Cc1ccc(C)c(NCc2nc3ccsc3c(=O)[nH]2)c1. The van der Waals surface area contributed by atoms with E-state index in [0.717, 1.165) is 11.2 Å². The van der Waals surface area contributed by atoms with Gasteiger partial charge in [0.25, 0.3) is 5.56 Å². The third-order valence-electron chi connectivity index (χ3n) is 3.20. The quantitative estimate of drug-likeness (QED) is 0.777. The molecule has 3 aromatic rings. The number of thiophene rings is 1. The zero-order valence-corrected chi connectivity index (χ0v) is 12.2. The first-order chi connectivity index (χ1) is 9.63. The van der Waals surface area contributed by atoms with Crippen molar-refractivity contribution >= 4 is 27.2 Å². The van der Waals surface area contributed by atoms with E-state index in [9.17, 15) is 4.79 Å². The molecule has 0 radical (unpaired) electrons. The van der Waals surface area contributed by atoms with Crippen LogP contribution in [0.5, 0.6) is 0 Å². The highest BCUT2D eigenvalue weighted by Gasteiger charge is 2.05. The fourth-order valence-corrected chi connectivity index (χ4v) is 2.84. The van der Waals surface area contributed by atoms with E-state index >= 15 is 0 Å². The smallest absolute Gasteiger partial charge is 0.268 e. The Balaban J connectivity index is 1.86. The maximum absolute atomic E-state index is 11.9. The van der Waals surface area contributed by atoms with Crippen molar-refractivity contribution in [1.29, 1.82) is 0 Å². The van der Waals surface area contributed by atoms with Crippen molar-refractivity contribution < 1.29 is 0 Å². The van der Waals surface area contributed by atoms with Gasteiger partial charge in [0.2, 0.25) is 0 Å². The van der Waals surface area contributed by atoms with Crippen LogP contribution in [0.4, 0.5) is 5.69 Å². The Morgan fingerprint density at radius 3 is 3.00 bits per heavy atom. The van der Waals surface area contributed by atoms with Gasteiger partial charge in [-0.1, -0.05) is 12.1 Å². The molecule has 2 heterocycles. The summed E-state index contributed by atoms with van der Waals surface area (Å²) in [5, 5.41) is 5.21. The van der Waals surface area contributed by atoms with Crippen molar-refractivity contribution in [3.63, 3.8) is 0 Å². The predicted molar refractivity (Wildman–Crippen MR) is 83.5 cm³/mol. The Bertz CT molecular complexity index is 819. The van der Waals surface area contributed by atoms with Crippen LogP contribution in [0.15, 0.2) is 34.4 Å². The molecule has 0 saturated heterocycles. The van der Waals surface area contributed by atoms with Gasteiger partial charge in [0, 0.05) is 5.69 Å². The number of nitrogens with zero attached hydrogens (tertiary/aromatic N) is 1. The third-order valence-corrected chi connectivity index (χ3v) is 4.11. The summed E-state index contributed by atoms with van der Waals surface area (Å²) in [6, 6.07) is 8.13. The molecule has 102 valence electrons. The molecule has 0 saturated carbocycles. The van der Waals surface area contributed by atoms with E-state index in [0.29, 0.717) is 17.1 Å². The number of fused-ring (bicyclic) bond motifs is 1. The first-order valence-corrected chi connectivity index (χ1v) is 7.29. The zero-order chi connectivity index (χ0) is 14.1. The van der Waals surface area contributed by atoms with Gasteiger partial charge in [0.1, 0.15) is 10.5 Å². The van der Waals surface area contributed by atoms with E-state index < -0.39 is 0 Å². The number of anilines is 1. The highest BCUT2D eigenvalue weighted by atomic mass is 32.1. The van der Waals surface area contributed by atoms with Gasteiger partial charge in [-0.2, -0.15) is 0 Å². The lowest BCUT2D eigenvalue weighted by atomic mass is 10.1. The molecule has 20 heavy (non-hydrogen) atoms. The maximum atomic E-state index is 11.9. The number of hydrogen-bond acceptors (Lipinski definition) is 4. The molecule has 0 bridgehead atoms. The Labute approximate surface area is 120 Å². The number of aryl methyl sites for hydroxylation is 2. The van der Waals surface area contributed by atoms with Crippen LogP contribution in [0.2, 0.25) is 0 Å². The van der Waals surface area contributed by atoms with Gasteiger partial charge < -0.3 is 10.3 Å². The number of benzene rings is 1. The van der Waals surface area contributed by atoms with Crippen LogP contribution in [0.3, 0.4) is 0 Å². The summed E-state index contributed by atoms with van der Waals surface area (Å²) >= 11 is 1.41. The van der Waals surface area contributed by atoms with Crippen LogP contribution in [0.1, 0.15) is 17.0 Å². The zero-order valence-electron chi connectivity index (χ0n) is 11.4. The molecule has 3 rings (SSSR count). The minimum Gasteiger partial charge on any atom is -0.378 e. The molecule has 0 atom stereocenters. The molecule has 0 amide bonds. The molecule has 0 fully saturated rings. The highest BCUT2D eigenvalue weighted by molar-refractivity contribution is 7.17. The van der Waals surface area contributed by atoms with Crippen molar-refractivity contribution in [3.8, 4) is 0 Å². The van der Waals surface area contributed by atoms with E-state index in [1.165, 1.54) is 22.5 Å². The topological polar surface area (TPSA) is 57.8 Å². The largest absolute Gasteiger partial charge is 0.378 e. The first-order valence-electron chi connectivity index (χ1n) is 6.41. The molecule has 0 aliphatic rings. The molecule has 5 heteroatoms. The van der Waals surface area contributed by atoms with E-state index in [4.69, 9.17) is 0 Å². The standard InChI is InChI=1S/C15H15N3OS/c1-9-3-4-10(2)12(7-9)16-8-13-17-11-5-6-20-14(11)15(19)18-13/h3-7,16H,8H2,1-2H3,(H,17,18,19). The van der Waals surface area contributed by atoms with Crippen LogP contribution in [-0.2, 0) is 6.54 Å². The predicted octanol–water partition coefficient (Wildman–Crippen LogP) is 3.21.